The maximum atomic E-state index is 13.9. The average Bonchev–Trinajstić information content (AvgIpc) is 2.59. The summed E-state index contributed by atoms with van der Waals surface area (Å²) in [5.74, 6) is -1.21. The van der Waals surface area contributed by atoms with Crippen molar-refractivity contribution in [3.63, 3.8) is 0 Å². The van der Waals surface area contributed by atoms with Gasteiger partial charge in [0.15, 0.2) is 5.78 Å². The Labute approximate surface area is 150 Å². The SMILES string of the molecule is CCCS(=O)(=O)Nc1cc(F)cc(C(=O)c2ccc3ncncc3c2)c1. The minimum Gasteiger partial charge on any atom is -0.289 e. The molecule has 0 spiro atoms. The van der Waals surface area contributed by atoms with Crippen LogP contribution in [0.4, 0.5) is 10.1 Å². The van der Waals surface area contributed by atoms with Crippen molar-refractivity contribution in [2.24, 2.45) is 0 Å². The molecule has 1 heterocycles. The molecule has 0 aliphatic heterocycles. The molecule has 0 atom stereocenters. The second-order valence-corrected chi connectivity index (χ2v) is 7.62. The Morgan fingerprint density at radius 1 is 1.15 bits per heavy atom. The van der Waals surface area contributed by atoms with E-state index in [9.17, 15) is 17.6 Å². The summed E-state index contributed by atoms with van der Waals surface area (Å²) in [5, 5.41) is 0.679. The van der Waals surface area contributed by atoms with Crippen molar-refractivity contribution in [2.75, 3.05) is 10.5 Å². The first-order valence-electron chi connectivity index (χ1n) is 7.93. The first-order chi connectivity index (χ1) is 12.4. The topological polar surface area (TPSA) is 89.0 Å². The highest BCUT2D eigenvalue weighted by Crippen LogP contribution is 2.20. The van der Waals surface area contributed by atoms with Crippen LogP contribution in [0.5, 0.6) is 0 Å². The maximum Gasteiger partial charge on any atom is 0.232 e. The number of nitrogens with zero attached hydrogens (tertiary/aromatic N) is 2. The van der Waals surface area contributed by atoms with E-state index >= 15 is 0 Å². The number of hydrogen-bond donors (Lipinski definition) is 1. The molecule has 0 aliphatic carbocycles. The third-order valence-electron chi connectivity index (χ3n) is 3.67. The number of sulfonamides is 1. The highest BCUT2D eigenvalue weighted by molar-refractivity contribution is 7.92. The van der Waals surface area contributed by atoms with Crippen LogP contribution in [0.2, 0.25) is 0 Å². The van der Waals surface area contributed by atoms with Crippen molar-refractivity contribution < 1.29 is 17.6 Å². The van der Waals surface area contributed by atoms with Gasteiger partial charge in [-0.05, 0) is 42.8 Å². The molecule has 0 saturated heterocycles. The molecule has 26 heavy (non-hydrogen) atoms. The van der Waals surface area contributed by atoms with Gasteiger partial charge in [-0.1, -0.05) is 6.92 Å². The lowest BCUT2D eigenvalue weighted by molar-refractivity contribution is 0.103. The summed E-state index contributed by atoms with van der Waals surface area (Å²) in [6.07, 6.45) is 3.41. The van der Waals surface area contributed by atoms with Crippen molar-refractivity contribution in [2.45, 2.75) is 13.3 Å². The number of rotatable bonds is 6. The van der Waals surface area contributed by atoms with Gasteiger partial charge < -0.3 is 0 Å². The van der Waals surface area contributed by atoms with E-state index in [0.717, 1.165) is 12.1 Å². The molecule has 0 amide bonds. The fourth-order valence-corrected chi connectivity index (χ4v) is 3.69. The van der Waals surface area contributed by atoms with Crippen molar-refractivity contribution in [1.82, 2.24) is 9.97 Å². The number of benzene rings is 2. The molecule has 0 saturated carbocycles. The Kier molecular flexibility index (Phi) is 4.94. The van der Waals surface area contributed by atoms with Crippen molar-refractivity contribution >= 4 is 32.4 Å². The van der Waals surface area contributed by atoms with Gasteiger partial charge in [-0.25, -0.2) is 22.8 Å². The molecule has 0 unspecified atom stereocenters. The Hall–Kier alpha value is -2.87. The van der Waals surface area contributed by atoms with E-state index < -0.39 is 21.6 Å². The number of anilines is 1. The number of fused-ring (bicyclic) bond motifs is 1. The van der Waals surface area contributed by atoms with Crippen LogP contribution in [-0.4, -0.2) is 29.9 Å². The summed E-state index contributed by atoms with van der Waals surface area (Å²) in [6.45, 7) is 1.73. The maximum absolute atomic E-state index is 13.9. The fraction of sp³-hybridized carbons (Fsp3) is 0.167. The summed E-state index contributed by atoms with van der Waals surface area (Å²) >= 11 is 0. The third kappa shape index (κ3) is 4.02. The quantitative estimate of drug-likeness (QED) is 0.671. The molecule has 3 rings (SSSR count). The van der Waals surface area contributed by atoms with E-state index in [0.29, 0.717) is 22.9 Å². The van der Waals surface area contributed by atoms with Gasteiger partial charge >= 0.3 is 0 Å². The first-order valence-corrected chi connectivity index (χ1v) is 9.59. The Balaban J connectivity index is 1.96. The van der Waals surface area contributed by atoms with Crippen LogP contribution in [0.25, 0.3) is 10.9 Å². The lowest BCUT2D eigenvalue weighted by Gasteiger charge is -2.09. The number of carbonyl (C=O) groups excluding carboxylic acids is 1. The van der Waals surface area contributed by atoms with Crippen LogP contribution in [0, 0.1) is 5.82 Å². The van der Waals surface area contributed by atoms with Crippen LogP contribution in [0.1, 0.15) is 29.3 Å². The smallest absolute Gasteiger partial charge is 0.232 e. The molecule has 0 radical (unpaired) electrons. The van der Waals surface area contributed by atoms with Crippen LogP contribution < -0.4 is 4.72 Å². The van der Waals surface area contributed by atoms with Gasteiger partial charge in [0.1, 0.15) is 12.1 Å². The molecule has 0 aliphatic rings. The molecule has 1 aromatic heterocycles. The predicted molar refractivity (Wildman–Crippen MR) is 97.1 cm³/mol. The number of aromatic nitrogens is 2. The van der Waals surface area contributed by atoms with E-state index in [1.165, 1.54) is 12.4 Å². The van der Waals surface area contributed by atoms with Gasteiger partial charge in [-0.15, -0.1) is 0 Å². The summed E-state index contributed by atoms with van der Waals surface area (Å²) in [7, 11) is -3.58. The summed E-state index contributed by atoms with van der Waals surface area (Å²) in [6, 6.07) is 8.32. The molecule has 0 bridgehead atoms. The molecule has 3 aromatic rings. The molecule has 2 aromatic carbocycles. The normalized spacial score (nSPS) is 11.5. The number of ketones is 1. The van der Waals surface area contributed by atoms with Gasteiger partial charge in [0.05, 0.1) is 17.0 Å². The van der Waals surface area contributed by atoms with Crippen molar-refractivity contribution in [3.8, 4) is 0 Å². The minimum absolute atomic E-state index is 0.0194. The lowest BCUT2D eigenvalue weighted by Crippen LogP contribution is -2.16. The summed E-state index contributed by atoms with van der Waals surface area (Å²) in [4.78, 5) is 20.7. The number of hydrogen-bond acceptors (Lipinski definition) is 5. The van der Waals surface area contributed by atoms with Crippen molar-refractivity contribution in [1.29, 1.82) is 0 Å². The van der Waals surface area contributed by atoms with E-state index in [-0.39, 0.29) is 17.0 Å². The number of nitrogens with one attached hydrogen (secondary N) is 1. The Bertz CT molecular complexity index is 1080. The van der Waals surface area contributed by atoms with Gasteiger partial charge in [0, 0.05) is 22.7 Å². The molecule has 1 N–H and O–H groups in total. The minimum atomic E-state index is -3.58. The largest absolute Gasteiger partial charge is 0.289 e. The average molecular weight is 373 g/mol. The Morgan fingerprint density at radius 2 is 1.96 bits per heavy atom. The zero-order valence-electron chi connectivity index (χ0n) is 13.9. The molecular formula is C18H16FN3O3S. The van der Waals surface area contributed by atoms with Gasteiger partial charge in [-0.3, -0.25) is 9.52 Å². The van der Waals surface area contributed by atoms with E-state index in [2.05, 4.69) is 14.7 Å². The monoisotopic (exact) mass is 373 g/mol. The molecule has 134 valence electrons. The van der Waals surface area contributed by atoms with E-state index in [4.69, 9.17) is 0 Å². The molecule has 8 heteroatoms. The second-order valence-electron chi connectivity index (χ2n) is 5.77. The van der Waals surface area contributed by atoms with Crippen LogP contribution in [-0.2, 0) is 10.0 Å². The van der Waals surface area contributed by atoms with Crippen molar-refractivity contribution in [3.05, 3.63) is 65.9 Å². The van der Waals surface area contributed by atoms with E-state index in [1.54, 1.807) is 31.3 Å². The first kappa shape index (κ1) is 17.9. The fourth-order valence-electron chi connectivity index (χ4n) is 2.57. The zero-order valence-corrected chi connectivity index (χ0v) is 14.8. The van der Waals surface area contributed by atoms with Gasteiger partial charge in [0.25, 0.3) is 0 Å². The Morgan fingerprint density at radius 3 is 2.73 bits per heavy atom. The highest BCUT2D eigenvalue weighted by Gasteiger charge is 2.15. The van der Waals surface area contributed by atoms with Gasteiger partial charge in [0.2, 0.25) is 10.0 Å². The molecule has 0 fully saturated rings. The standard InChI is InChI=1S/C18H16FN3O3S/c1-2-5-26(24,25)22-16-8-13(7-15(19)9-16)18(23)12-3-4-17-14(6-12)10-20-11-21-17/h3-4,6-11,22H,2,5H2,1H3. The highest BCUT2D eigenvalue weighted by atomic mass is 32.2. The van der Waals surface area contributed by atoms with Crippen LogP contribution in [0.3, 0.4) is 0 Å². The number of halogens is 1. The zero-order chi connectivity index (χ0) is 18.7. The molecule has 6 nitrogen and oxygen atoms in total. The van der Waals surface area contributed by atoms with Gasteiger partial charge in [-0.2, -0.15) is 0 Å². The summed E-state index contributed by atoms with van der Waals surface area (Å²) < 4.78 is 40.0. The molecular weight excluding hydrogens is 357 g/mol. The lowest BCUT2D eigenvalue weighted by atomic mass is 10.0. The third-order valence-corrected chi connectivity index (χ3v) is 5.17. The second kappa shape index (κ2) is 7.17. The number of carbonyl (C=O) groups is 1. The van der Waals surface area contributed by atoms with E-state index in [1.807, 2.05) is 0 Å². The summed E-state index contributed by atoms with van der Waals surface area (Å²) in [5.41, 5.74) is 1.09. The predicted octanol–water partition coefficient (Wildman–Crippen LogP) is 3.15. The van der Waals surface area contributed by atoms with Crippen LogP contribution >= 0.6 is 0 Å². The van der Waals surface area contributed by atoms with Crippen LogP contribution in [0.15, 0.2) is 48.9 Å².